The monoisotopic (exact) mass is 426 g/mol. The first kappa shape index (κ1) is 20.4. The van der Waals surface area contributed by atoms with Gasteiger partial charge in [-0.25, -0.2) is 9.07 Å². The van der Waals surface area contributed by atoms with Crippen molar-refractivity contribution in [2.75, 3.05) is 23.3 Å². The van der Waals surface area contributed by atoms with Gasteiger partial charge in [0.1, 0.15) is 16.7 Å². The van der Waals surface area contributed by atoms with Crippen LogP contribution in [0.2, 0.25) is 5.15 Å². The van der Waals surface area contributed by atoms with Gasteiger partial charge in [0.25, 0.3) is 5.91 Å². The van der Waals surface area contributed by atoms with Gasteiger partial charge in [-0.2, -0.15) is 5.10 Å². The van der Waals surface area contributed by atoms with Crippen LogP contribution in [0.25, 0.3) is 0 Å². The molecule has 1 saturated heterocycles. The summed E-state index contributed by atoms with van der Waals surface area (Å²) in [6.45, 7) is 5.90. The third kappa shape index (κ3) is 4.05. The van der Waals surface area contributed by atoms with Crippen LogP contribution >= 0.6 is 11.6 Å². The predicted molar refractivity (Wildman–Crippen MR) is 118 cm³/mol. The molecule has 0 bridgehead atoms. The van der Waals surface area contributed by atoms with Gasteiger partial charge in [-0.15, -0.1) is 0 Å². The number of para-hydroxylation sites is 1. The SMILES string of the molecule is Cc1ccc(Cn2nc(C)c(C(=O)Nc3c(F)cccc3N3CCCC3)c2Cl)cc1. The lowest BCUT2D eigenvalue weighted by Crippen LogP contribution is -2.22. The Morgan fingerprint density at radius 2 is 1.83 bits per heavy atom. The van der Waals surface area contributed by atoms with Gasteiger partial charge < -0.3 is 10.2 Å². The zero-order valence-corrected chi connectivity index (χ0v) is 17.8. The summed E-state index contributed by atoms with van der Waals surface area (Å²) in [5.74, 6) is -0.924. The molecule has 0 unspecified atom stereocenters. The molecule has 0 radical (unpaired) electrons. The largest absolute Gasteiger partial charge is 0.370 e. The summed E-state index contributed by atoms with van der Waals surface area (Å²) in [5, 5.41) is 7.42. The highest BCUT2D eigenvalue weighted by atomic mass is 35.5. The molecule has 0 saturated carbocycles. The zero-order valence-electron chi connectivity index (χ0n) is 17.1. The van der Waals surface area contributed by atoms with Gasteiger partial charge in [-0.1, -0.05) is 47.5 Å². The molecular weight excluding hydrogens is 403 g/mol. The number of hydrogen-bond donors (Lipinski definition) is 1. The van der Waals surface area contributed by atoms with Crippen molar-refractivity contribution in [2.24, 2.45) is 0 Å². The smallest absolute Gasteiger partial charge is 0.260 e. The van der Waals surface area contributed by atoms with Crippen LogP contribution in [-0.2, 0) is 6.54 Å². The van der Waals surface area contributed by atoms with E-state index in [2.05, 4.69) is 15.3 Å². The van der Waals surface area contributed by atoms with Crippen LogP contribution < -0.4 is 10.2 Å². The Hall–Kier alpha value is -2.86. The number of aryl methyl sites for hydroxylation is 2. The Balaban J connectivity index is 1.60. The average Bonchev–Trinajstić information content (AvgIpc) is 3.34. The topological polar surface area (TPSA) is 50.2 Å². The molecule has 1 fully saturated rings. The third-order valence-electron chi connectivity index (χ3n) is 5.42. The van der Waals surface area contributed by atoms with E-state index in [4.69, 9.17) is 11.6 Å². The summed E-state index contributed by atoms with van der Waals surface area (Å²) >= 11 is 6.51. The molecule has 0 spiro atoms. The molecule has 2 heterocycles. The molecule has 1 amide bonds. The van der Waals surface area contributed by atoms with Gasteiger partial charge in [-0.3, -0.25) is 4.79 Å². The van der Waals surface area contributed by atoms with Crippen LogP contribution in [0.4, 0.5) is 15.8 Å². The van der Waals surface area contributed by atoms with E-state index in [0.717, 1.165) is 31.5 Å². The van der Waals surface area contributed by atoms with E-state index in [9.17, 15) is 9.18 Å². The van der Waals surface area contributed by atoms with Gasteiger partial charge in [0.15, 0.2) is 0 Å². The Morgan fingerprint density at radius 1 is 1.13 bits per heavy atom. The van der Waals surface area contributed by atoms with Crippen molar-refractivity contribution in [3.63, 3.8) is 0 Å². The van der Waals surface area contributed by atoms with Gasteiger partial charge in [0.2, 0.25) is 0 Å². The van der Waals surface area contributed by atoms with Crippen molar-refractivity contribution in [3.8, 4) is 0 Å². The highest BCUT2D eigenvalue weighted by Gasteiger charge is 2.24. The Kier molecular flexibility index (Phi) is 5.77. The number of amides is 1. The van der Waals surface area contributed by atoms with Crippen LogP contribution in [0.3, 0.4) is 0 Å². The highest BCUT2D eigenvalue weighted by molar-refractivity contribution is 6.33. The average molecular weight is 427 g/mol. The Bertz CT molecular complexity index is 1070. The molecule has 1 aliphatic rings. The molecule has 4 rings (SSSR count). The number of hydrogen-bond acceptors (Lipinski definition) is 3. The minimum absolute atomic E-state index is 0.186. The van der Waals surface area contributed by atoms with E-state index in [1.165, 1.54) is 11.6 Å². The summed E-state index contributed by atoms with van der Waals surface area (Å²) in [6, 6.07) is 12.9. The van der Waals surface area contributed by atoms with E-state index in [1.54, 1.807) is 17.7 Å². The molecule has 1 aromatic heterocycles. The fraction of sp³-hybridized carbons (Fsp3) is 0.304. The standard InChI is InChI=1S/C23H24ClFN4O/c1-15-8-10-17(11-9-15)14-29-22(24)20(16(2)27-29)23(30)26-21-18(25)6-5-7-19(21)28-12-3-4-13-28/h5-11H,3-4,12-14H2,1-2H3,(H,26,30). The molecule has 5 nitrogen and oxygen atoms in total. The molecular formula is C23H24ClFN4O. The van der Waals surface area contributed by atoms with Crippen LogP contribution in [0.1, 0.15) is 40.0 Å². The van der Waals surface area contributed by atoms with E-state index in [0.29, 0.717) is 17.9 Å². The maximum atomic E-state index is 14.6. The number of anilines is 2. The van der Waals surface area contributed by atoms with Crippen molar-refractivity contribution in [3.05, 3.63) is 75.8 Å². The number of aromatic nitrogens is 2. The number of benzene rings is 2. The fourth-order valence-corrected chi connectivity index (χ4v) is 4.14. The summed E-state index contributed by atoms with van der Waals surface area (Å²) in [7, 11) is 0. The maximum absolute atomic E-state index is 14.6. The second kappa shape index (κ2) is 8.48. The lowest BCUT2D eigenvalue weighted by Gasteiger charge is -2.22. The number of rotatable bonds is 5. The minimum atomic E-state index is -0.464. The van der Waals surface area contributed by atoms with E-state index < -0.39 is 11.7 Å². The maximum Gasteiger partial charge on any atom is 0.260 e. The lowest BCUT2D eigenvalue weighted by atomic mass is 10.1. The first-order valence-corrected chi connectivity index (χ1v) is 10.4. The van der Waals surface area contributed by atoms with E-state index in [-0.39, 0.29) is 16.4 Å². The second-order valence-corrected chi connectivity index (χ2v) is 8.03. The molecule has 0 aliphatic carbocycles. The zero-order chi connectivity index (χ0) is 21.3. The highest BCUT2D eigenvalue weighted by Crippen LogP contribution is 2.32. The second-order valence-electron chi connectivity index (χ2n) is 7.68. The summed E-state index contributed by atoms with van der Waals surface area (Å²) in [4.78, 5) is 15.1. The molecule has 2 aromatic carbocycles. The summed E-state index contributed by atoms with van der Waals surface area (Å²) in [6.07, 6.45) is 2.11. The molecule has 1 N–H and O–H groups in total. The molecule has 30 heavy (non-hydrogen) atoms. The molecule has 7 heteroatoms. The number of carbonyl (C=O) groups excluding carboxylic acids is 1. The van der Waals surface area contributed by atoms with Crippen LogP contribution in [0, 0.1) is 19.7 Å². The summed E-state index contributed by atoms with van der Waals surface area (Å²) < 4.78 is 16.2. The van der Waals surface area contributed by atoms with E-state index >= 15 is 0 Å². The van der Waals surface area contributed by atoms with Crippen LogP contribution in [-0.4, -0.2) is 28.8 Å². The van der Waals surface area contributed by atoms with E-state index in [1.807, 2.05) is 37.3 Å². The lowest BCUT2D eigenvalue weighted by molar-refractivity contribution is 0.102. The van der Waals surface area contributed by atoms with Crippen LogP contribution in [0.5, 0.6) is 0 Å². The first-order chi connectivity index (χ1) is 14.4. The van der Waals surface area contributed by atoms with Crippen molar-refractivity contribution in [1.29, 1.82) is 0 Å². The Morgan fingerprint density at radius 3 is 2.53 bits per heavy atom. The minimum Gasteiger partial charge on any atom is -0.370 e. The van der Waals surface area contributed by atoms with Crippen molar-refractivity contribution < 1.29 is 9.18 Å². The number of carbonyl (C=O) groups is 1. The molecule has 156 valence electrons. The molecule has 0 atom stereocenters. The molecule has 1 aliphatic heterocycles. The molecule has 3 aromatic rings. The van der Waals surface area contributed by atoms with Gasteiger partial charge in [0.05, 0.1) is 23.5 Å². The van der Waals surface area contributed by atoms with Crippen molar-refractivity contribution in [2.45, 2.75) is 33.2 Å². The van der Waals surface area contributed by atoms with Gasteiger partial charge in [0, 0.05) is 13.1 Å². The predicted octanol–water partition coefficient (Wildman–Crippen LogP) is 5.19. The number of nitrogens with one attached hydrogen (secondary N) is 1. The van der Waals surface area contributed by atoms with Crippen LogP contribution in [0.15, 0.2) is 42.5 Å². The number of halogens is 2. The van der Waals surface area contributed by atoms with Gasteiger partial charge >= 0.3 is 0 Å². The Labute approximate surface area is 180 Å². The number of nitrogens with zero attached hydrogens (tertiary/aromatic N) is 3. The van der Waals surface area contributed by atoms with Gasteiger partial charge in [-0.05, 0) is 44.4 Å². The first-order valence-electron chi connectivity index (χ1n) is 10.1. The van der Waals surface area contributed by atoms with Crippen molar-refractivity contribution in [1.82, 2.24) is 9.78 Å². The van der Waals surface area contributed by atoms with Crippen molar-refractivity contribution >= 4 is 28.9 Å². The summed E-state index contributed by atoms with van der Waals surface area (Å²) in [5.41, 5.74) is 3.85. The normalized spacial score (nSPS) is 13.7. The quantitative estimate of drug-likeness (QED) is 0.610. The fourth-order valence-electron chi connectivity index (χ4n) is 3.82. The third-order valence-corrected chi connectivity index (χ3v) is 5.81.